The Balaban J connectivity index is 1.44. The number of anilines is 1. The number of aromatic nitrogens is 3. The number of fused-ring (bicyclic) bond motifs is 1. The lowest BCUT2D eigenvalue weighted by atomic mass is 9.77. The van der Waals surface area contributed by atoms with Gasteiger partial charge in [-0.1, -0.05) is 18.2 Å². The zero-order valence-electron chi connectivity index (χ0n) is 21.2. The van der Waals surface area contributed by atoms with Gasteiger partial charge in [-0.2, -0.15) is 13.2 Å². The van der Waals surface area contributed by atoms with Crippen LogP contribution in [0.25, 0.3) is 10.9 Å². The highest BCUT2D eigenvalue weighted by atomic mass is 32.2. The monoisotopic (exact) mass is 561 g/mol. The van der Waals surface area contributed by atoms with Crippen molar-refractivity contribution in [2.75, 3.05) is 18.8 Å². The van der Waals surface area contributed by atoms with Crippen molar-refractivity contribution in [2.45, 2.75) is 48.3 Å². The Kier molecular flexibility index (Phi) is 7.10. The standard InChI is InChI=1S/C27H27F4N5O2S/c1-35(2)24-13-18(17-4-3-5-20(12-17)27(29,30)31)6-7-22(24)36-11-9-19-14-25(21(28)15-23(19)36)39(37,38)34-26-8-10-32-16-33-26/h3-5,8-12,14-16,18,22,24H,6-7,13H2,1-2H3,(H,32,33,34)/t18-,22?,24-/m0/s1. The second kappa shape index (κ2) is 10.2. The molecule has 0 bridgehead atoms. The number of alkyl halides is 3. The number of rotatable bonds is 6. The predicted octanol–water partition coefficient (Wildman–Crippen LogP) is 5.83. The average Bonchev–Trinajstić information content (AvgIpc) is 3.30. The minimum atomic E-state index is -4.40. The molecule has 3 atom stereocenters. The Labute approximate surface area is 223 Å². The van der Waals surface area contributed by atoms with Gasteiger partial charge in [0.2, 0.25) is 0 Å². The molecule has 0 saturated heterocycles. The molecule has 206 valence electrons. The van der Waals surface area contributed by atoms with Gasteiger partial charge in [0.25, 0.3) is 10.0 Å². The summed E-state index contributed by atoms with van der Waals surface area (Å²) in [5, 5.41) is 0.553. The van der Waals surface area contributed by atoms with Crippen LogP contribution in [0, 0.1) is 5.82 Å². The Hall–Kier alpha value is -3.51. The van der Waals surface area contributed by atoms with Gasteiger partial charge < -0.3 is 9.47 Å². The second-order valence-corrected chi connectivity index (χ2v) is 11.6. The number of nitrogens with zero attached hydrogens (tertiary/aromatic N) is 4. The first-order valence-electron chi connectivity index (χ1n) is 12.4. The highest BCUT2D eigenvalue weighted by molar-refractivity contribution is 7.92. The minimum absolute atomic E-state index is 0.0217. The molecule has 0 radical (unpaired) electrons. The van der Waals surface area contributed by atoms with E-state index in [-0.39, 0.29) is 23.8 Å². The van der Waals surface area contributed by atoms with Crippen LogP contribution in [-0.4, -0.2) is 48.0 Å². The highest BCUT2D eigenvalue weighted by Crippen LogP contribution is 2.42. The van der Waals surface area contributed by atoms with Crippen molar-refractivity contribution in [1.29, 1.82) is 0 Å². The molecule has 4 aromatic rings. The maximum atomic E-state index is 15.2. The van der Waals surface area contributed by atoms with Gasteiger partial charge in [-0.3, -0.25) is 4.72 Å². The number of hydrogen-bond acceptors (Lipinski definition) is 5. The third-order valence-corrected chi connectivity index (χ3v) is 8.74. The van der Waals surface area contributed by atoms with Crippen LogP contribution in [-0.2, 0) is 16.2 Å². The molecule has 5 rings (SSSR count). The van der Waals surface area contributed by atoms with Crippen molar-refractivity contribution in [2.24, 2.45) is 0 Å². The molecule has 12 heteroatoms. The lowest BCUT2D eigenvalue weighted by molar-refractivity contribution is -0.137. The van der Waals surface area contributed by atoms with E-state index in [9.17, 15) is 21.6 Å². The molecule has 1 N–H and O–H groups in total. The van der Waals surface area contributed by atoms with Crippen molar-refractivity contribution in [1.82, 2.24) is 19.4 Å². The molecular weight excluding hydrogens is 534 g/mol. The molecule has 1 unspecified atom stereocenters. The normalized spacial score (nSPS) is 20.4. The summed E-state index contributed by atoms with van der Waals surface area (Å²) in [4.78, 5) is 9.11. The van der Waals surface area contributed by atoms with Gasteiger partial charge in [-0.15, -0.1) is 0 Å². The lowest BCUT2D eigenvalue weighted by Gasteiger charge is -2.41. The van der Waals surface area contributed by atoms with Crippen molar-refractivity contribution < 1.29 is 26.0 Å². The molecule has 7 nitrogen and oxygen atoms in total. The molecule has 1 fully saturated rings. The van der Waals surface area contributed by atoms with Gasteiger partial charge in [0.05, 0.1) is 11.1 Å². The Bertz CT molecular complexity index is 1590. The van der Waals surface area contributed by atoms with E-state index < -0.39 is 32.5 Å². The van der Waals surface area contributed by atoms with Gasteiger partial charge >= 0.3 is 6.18 Å². The van der Waals surface area contributed by atoms with Crippen molar-refractivity contribution in [3.8, 4) is 0 Å². The van der Waals surface area contributed by atoms with Crippen molar-refractivity contribution in [3.05, 3.63) is 84.2 Å². The minimum Gasteiger partial charge on any atom is -0.343 e. The average molecular weight is 562 g/mol. The molecule has 1 saturated carbocycles. The predicted molar refractivity (Wildman–Crippen MR) is 139 cm³/mol. The van der Waals surface area contributed by atoms with Crippen LogP contribution in [0.2, 0.25) is 0 Å². The molecule has 2 aromatic heterocycles. The maximum Gasteiger partial charge on any atom is 0.416 e. The highest BCUT2D eigenvalue weighted by Gasteiger charge is 2.36. The van der Waals surface area contributed by atoms with Crippen molar-refractivity contribution in [3.63, 3.8) is 0 Å². The lowest BCUT2D eigenvalue weighted by Crippen LogP contribution is -2.40. The van der Waals surface area contributed by atoms with Crippen LogP contribution in [0.15, 0.2) is 72.1 Å². The summed E-state index contributed by atoms with van der Waals surface area (Å²) in [6, 6.07) is 11.0. The molecular formula is C27H27F4N5O2S. The van der Waals surface area contributed by atoms with E-state index in [0.29, 0.717) is 35.7 Å². The molecule has 1 aliphatic carbocycles. The summed E-state index contributed by atoms with van der Waals surface area (Å²) in [6.45, 7) is 0. The smallest absolute Gasteiger partial charge is 0.343 e. The van der Waals surface area contributed by atoms with E-state index in [4.69, 9.17) is 0 Å². The number of benzene rings is 2. The fourth-order valence-corrected chi connectivity index (χ4v) is 6.58. The van der Waals surface area contributed by atoms with Crippen LogP contribution in [0.5, 0.6) is 0 Å². The quantitative estimate of drug-likeness (QED) is 0.300. The summed E-state index contributed by atoms with van der Waals surface area (Å²) in [6.07, 6.45) is 1.89. The number of nitrogens with one attached hydrogen (secondary N) is 1. The SMILES string of the molecule is CN(C)[C@H]1C[C@@H](c2cccc(C(F)(F)F)c2)CCC1n1ccc2cc(S(=O)(=O)Nc3ccncn3)c(F)cc21. The molecule has 0 spiro atoms. The Morgan fingerprint density at radius 2 is 1.87 bits per heavy atom. The van der Waals surface area contributed by atoms with Crippen molar-refractivity contribution >= 4 is 26.7 Å². The summed E-state index contributed by atoms with van der Waals surface area (Å²) in [5.41, 5.74) is 0.544. The molecule has 0 amide bonds. The number of likely N-dealkylation sites (N-methyl/N-ethyl adjacent to an activating group) is 1. The van der Waals surface area contributed by atoms with Crippen LogP contribution >= 0.6 is 0 Å². The fourth-order valence-electron chi connectivity index (χ4n) is 5.48. The zero-order valence-corrected chi connectivity index (χ0v) is 22.0. The van der Waals surface area contributed by atoms with Crippen LogP contribution in [0.1, 0.15) is 42.3 Å². The Morgan fingerprint density at radius 1 is 1.08 bits per heavy atom. The molecule has 1 aliphatic rings. The van der Waals surface area contributed by atoms with E-state index in [0.717, 1.165) is 6.07 Å². The van der Waals surface area contributed by atoms with E-state index in [1.54, 1.807) is 12.1 Å². The van der Waals surface area contributed by atoms with E-state index in [1.807, 2.05) is 29.8 Å². The number of halogens is 4. The van der Waals surface area contributed by atoms with Gasteiger partial charge in [-0.05, 0) is 75.2 Å². The molecule has 39 heavy (non-hydrogen) atoms. The zero-order chi connectivity index (χ0) is 27.9. The van der Waals surface area contributed by atoms with Gasteiger partial charge in [0.1, 0.15) is 22.9 Å². The molecule has 2 aromatic carbocycles. The third-order valence-electron chi connectivity index (χ3n) is 7.37. The number of sulfonamides is 1. The second-order valence-electron chi connectivity index (χ2n) is 10.00. The Morgan fingerprint density at radius 3 is 2.56 bits per heavy atom. The van der Waals surface area contributed by atoms with Gasteiger partial charge in [0.15, 0.2) is 0 Å². The van der Waals surface area contributed by atoms with E-state index >= 15 is 4.39 Å². The summed E-state index contributed by atoms with van der Waals surface area (Å²) in [7, 11) is -0.403. The topological polar surface area (TPSA) is 80.1 Å². The van der Waals surface area contributed by atoms with Gasteiger partial charge in [0, 0.05) is 29.9 Å². The van der Waals surface area contributed by atoms with E-state index in [1.165, 1.54) is 42.9 Å². The first kappa shape index (κ1) is 27.1. The van der Waals surface area contributed by atoms with E-state index in [2.05, 4.69) is 14.7 Å². The maximum absolute atomic E-state index is 15.2. The number of hydrogen-bond donors (Lipinski definition) is 1. The first-order chi connectivity index (χ1) is 18.4. The van der Waals surface area contributed by atoms with Crippen LogP contribution in [0.4, 0.5) is 23.4 Å². The van der Waals surface area contributed by atoms with Crippen LogP contribution in [0.3, 0.4) is 0 Å². The van der Waals surface area contributed by atoms with Crippen LogP contribution < -0.4 is 4.72 Å². The third kappa shape index (κ3) is 5.48. The largest absolute Gasteiger partial charge is 0.416 e. The summed E-state index contributed by atoms with van der Waals surface area (Å²) >= 11 is 0. The summed E-state index contributed by atoms with van der Waals surface area (Å²) in [5.74, 6) is -0.935. The molecule has 0 aliphatic heterocycles. The van der Waals surface area contributed by atoms with Gasteiger partial charge in [-0.25, -0.2) is 22.8 Å². The first-order valence-corrected chi connectivity index (χ1v) is 13.8. The molecule has 2 heterocycles. The fraction of sp³-hybridized carbons (Fsp3) is 0.333. The summed E-state index contributed by atoms with van der Waals surface area (Å²) < 4.78 is 85.1.